The van der Waals surface area contributed by atoms with E-state index < -0.39 is 12.0 Å². The average Bonchev–Trinajstić information content (AvgIpc) is 3.02. The third-order valence-corrected chi connectivity index (χ3v) is 6.19. The zero-order chi connectivity index (χ0) is 23.3. The number of amides is 3. The van der Waals surface area contributed by atoms with Crippen LogP contribution in [0.15, 0.2) is 35.5 Å². The van der Waals surface area contributed by atoms with Crippen LogP contribution in [-0.4, -0.2) is 79.0 Å². The molecule has 1 N–H and O–H groups in total. The summed E-state index contributed by atoms with van der Waals surface area (Å²) in [5.41, 5.74) is 2.99. The van der Waals surface area contributed by atoms with Crippen molar-refractivity contribution in [3.05, 3.63) is 46.7 Å². The molecule has 2 heterocycles. The van der Waals surface area contributed by atoms with Crippen molar-refractivity contribution in [3.63, 3.8) is 0 Å². The zero-order valence-corrected chi connectivity index (χ0v) is 19.5. The largest absolute Gasteiger partial charge is 0.463 e. The summed E-state index contributed by atoms with van der Waals surface area (Å²) in [4.78, 5) is 43.7. The minimum absolute atomic E-state index is 0.159. The van der Waals surface area contributed by atoms with Crippen molar-refractivity contribution in [1.29, 1.82) is 0 Å². The summed E-state index contributed by atoms with van der Waals surface area (Å²) in [6.45, 7) is 9.17. The van der Waals surface area contributed by atoms with E-state index in [0.717, 1.165) is 30.6 Å². The maximum absolute atomic E-state index is 13.1. The number of benzene rings is 1. The molecule has 0 radical (unpaired) electrons. The van der Waals surface area contributed by atoms with Crippen molar-refractivity contribution in [2.24, 2.45) is 0 Å². The number of nitrogens with one attached hydrogen (secondary N) is 1. The Morgan fingerprint density at radius 3 is 2.56 bits per heavy atom. The van der Waals surface area contributed by atoms with E-state index in [1.165, 1.54) is 4.90 Å². The Kier molecular flexibility index (Phi) is 7.90. The summed E-state index contributed by atoms with van der Waals surface area (Å²) in [6, 6.07) is 6.92. The normalized spacial score (nSPS) is 20.1. The quantitative estimate of drug-likeness (QED) is 0.685. The molecule has 8 heteroatoms. The minimum Gasteiger partial charge on any atom is -0.463 e. The molecule has 1 aromatic rings. The standard InChI is InChI=1S/C24H34N4O4/c1-5-20(29)28-13-9-12-27(14-15-28)16-19-21(23(30)32-6-2)22(25-24(31)26(19)4)18-11-8-7-10-17(18)3/h7-8,10-11,22H,5-6,9,12-16H2,1-4H3,(H,25,31)/t22-/m1/s1. The van der Waals surface area contributed by atoms with Crippen LogP contribution in [0, 0.1) is 6.92 Å². The van der Waals surface area contributed by atoms with Gasteiger partial charge in [0.15, 0.2) is 0 Å². The van der Waals surface area contributed by atoms with E-state index in [4.69, 9.17) is 4.74 Å². The van der Waals surface area contributed by atoms with Gasteiger partial charge in [-0.15, -0.1) is 0 Å². The van der Waals surface area contributed by atoms with Crippen LogP contribution in [0.2, 0.25) is 0 Å². The van der Waals surface area contributed by atoms with Crippen molar-refractivity contribution in [3.8, 4) is 0 Å². The summed E-state index contributed by atoms with van der Waals surface area (Å²) in [7, 11) is 1.68. The molecular weight excluding hydrogens is 408 g/mol. The topological polar surface area (TPSA) is 82.2 Å². The first kappa shape index (κ1) is 23.8. The third-order valence-electron chi connectivity index (χ3n) is 6.19. The molecule has 1 saturated heterocycles. The molecule has 0 bridgehead atoms. The number of aryl methyl sites for hydroxylation is 1. The number of esters is 1. The fourth-order valence-corrected chi connectivity index (χ4v) is 4.36. The zero-order valence-electron chi connectivity index (χ0n) is 19.5. The average molecular weight is 443 g/mol. The van der Waals surface area contributed by atoms with Crippen LogP contribution >= 0.6 is 0 Å². The number of hydrogen-bond acceptors (Lipinski definition) is 5. The van der Waals surface area contributed by atoms with Gasteiger partial charge in [0, 0.05) is 51.9 Å². The van der Waals surface area contributed by atoms with Gasteiger partial charge in [-0.2, -0.15) is 0 Å². The second-order valence-electron chi connectivity index (χ2n) is 8.24. The second-order valence-corrected chi connectivity index (χ2v) is 8.24. The second kappa shape index (κ2) is 10.6. The lowest BCUT2D eigenvalue weighted by Crippen LogP contribution is -2.49. The van der Waals surface area contributed by atoms with Gasteiger partial charge in [-0.3, -0.25) is 14.6 Å². The predicted molar refractivity (Wildman–Crippen MR) is 122 cm³/mol. The van der Waals surface area contributed by atoms with Crippen LogP contribution in [0.3, 0.4) is 0 Å². The van der Waals surface area contributed by atoms with Gasteiger partial charge in [0.2, 0.25) is 5.91 Å². The van der Waals surface area contributed by atoms with Crippen molar-refractivity contribution >= 4 is 17.9 Å². The summed E-state index contributed by atoms with van der Waals surface area (Å²) < 4.78 is 5.42. The van der Waals surface area contributed by atoms with Crippen LogP contribution < -0.4 is 5.32 Å². The molecule has 2 aliphatic heterocycles. The molecule has 174 valence electrons. The fourth-order valence-electron chi connectivity index (χ4n) is 4.36. The number of carbonyl (C=O) groups excluding carboxylic acids is 3. The van der Waals surface area contributed by atoms with Crippen LogP contribution in [0.25, 0.3) is 0 Å². The molecule has 0 spiro atoms. The summed E-state index contributed by atoms with van der Waals surface area (Å²) in [5, 5.41) is 2.98. The smallest absolute Gasteiger partial charge is 0.338 e. The van der Waals surface area contributed by atoms with Gasteiger partial charge in [0.25, 0.3) is 0 Å². The minimum atomic E-state index is -0.570. The van der Waals surface area contributed by atoms with Gasteiger partial charge in [-0.05, 0) is 31.4 Å². The van der Waals surface area contributed by atoms with Crippen molar-refractivity contribution < 1.29 is 19.1 Å². The van der Waals surface area contributed by atoms with Crippen LogP contribution in [0.5, 0.6) is 0 Å². The van der Waals surface area contributed by atoms with Gasteiger partial charge >= 0.3 is 12.0 Å². The van der Waals surface area contributed by atoms with Gasteiger partial charge in [0.05, 0.1) is 18.2 Å². The van der Waals surface area contributed by atoms with Crippen molar-refractivity contribution in [2.75, 3.05) is 46.4 Å². The molecule has 0 unspecified atom stereocenters. The summed E-state index contributed by atoms with van der Waals surface area (Å²) in [5.74, 6) is -0.257. The molecule has 0 aliphatic carbocycles. The molecule has 1 fully saturated rings. The molecule has 8 nitrogen and oxygen atoms in total. The number of carbonyl (C=O) groups is 3. The Morgan fingerprint density at radius 1 is 1.12 bits per heavy atom. The Hall–Kier alpha value is -2.87. The molecule has 2 aliphatic rings. The fraction of sp³-hybridized carbons (Fsp3) is 0.542. The maximum Gasteiger partial charge on any atom is 0.338 e. The third kappa shape index (κ3) is 5.12. The highest BCUT2D eigenvalue weighted by molar-refractivity contribution is 5.95. The number of hydrogen-bond donors (Lipinski definition) is 1. The number of ether oxygens (including phenoxy) is 1. The van der Waals surface area contributed by atoms with E-state index in [9.17, 15) is 14.4 Å². The summed E-state index contributed by atoms with van der Waals surface area (Å²) in [6.07, 6.45) is 1.35. The Bertz CT molecular complexity index is 898. The Balaban J connectivity index is 1.96. The van der Waals surface area contributed by atoms with E-state index in [-0.39, 0.29) is 18.5 Å². The molecule has 1 atom stereocenters. The van der Waals surface area contributed by atoms with E-state index in [0.29, 0.717) is 37.3 Å². The monoisotopic (exact) mass is 442 g/mol. The molecule has 0 saturated carbocycles. The van der Waals surface area contributed by atoms with Gasteiger partial charge in [-0.25, -0.2) is 9.59 Å². The SMILES string of the molecule is CCOC(=O)C1=C(CN2CCCN(C(=O)CC)CC2)N(C)C(=O)N[C@@H]1c1ccccc1C. The van der Waals surface area contributed by atoms with E-state index in [2.05, 4.69) is 10.2 Å². The first-order valence-electron chi connectivity index (χ1n) is 11.4. The lowest BCUT2D eigenvalue weighted by atomic mass is 9.91. The van der Waals surface area contributed by atoms with E-state index in [1.807, 2.05) is 43.0 Å². The highest BCUT2D eigenvalue weighted by Crippen LogP contribution is 2.33. The first-order chi connectivity index (χ1) is 15.4. The van der Waals surface area contributed by atoms with Crippen LogP contribution in [0.4, 0.5) is 4.79 Å². The lowest BCUT2D eigenvalue weighted by Gasteiger charge is -2.37. The Morgan fingerprint density at radius 2 is 1.88 bits per heavy atom. The predicted octanol–water partition coefficient (Wildman–Crippen LogP) is 2.45. The lowest BCUT2D eigenvalue weighted by molar-refractivity contribution is -0.139. The van der Waals surface area contributed by atoms with Gasteiger partial charge in [-0.1, -0.05) is 31.2 Å². The molecule has 3 rings (SSSR count). The molecule has 1 aromatic carbocycles. The number of rotatable bonds is 6. The van der Waals surface area contributed by atoms with Crippen LogP contribution in [-0.2, 0) is 14.3 Å². The number of nitrogens with zero attached hydrogens (tertiary/aromatic N) is 3. The highest BCUT2D eigenvalue weighted by atomic mass is 16.5. The molecular formula is C24H34N4O4. The first-order valence-corrected chi connectivity index (χ1v) is 11.4. The van der Waals surface area contributed by atoms with E-state index in [1.54, 1.807) is 14.0 Å². The van der Waals surface area contributed by atoms with Crippen molar-refractivity contribution in [1.82, 2.24) is 20.0 Å². The van der Waals surface area contributed by atoms with Crippen LogP contribution in [0.1, 0.15) is 43.9 Å². The molecule has 0 aromatic heterocycles. The maximum atomic E-state index is 13.1. The van der Waals surface area contributed by atoms with E-state index >= 15 is 0 Å². The molecule has 32 heavy (non-hydrogen) atoms. The Labute approximate surface area is 190 Å². The number of urea groups is 1. The summed E-state index contributed by atoms with van der Waals surface area (Å²) >= 11 is 0. The number of likely N-dealkylation sites (N-methyl/N-ethyl adjacent to an activating group) is 1. The van der Waals surface area contributed by atoms with Gasteiger partial charge in [0.1, 0.15) is 0 Å². The molecule has 3 amide bonds. The highest BCUT2D eigenvalue weighted by Gasteiger charge is 2.38. The van der Waals surface area contributed by atoms with Crippen molar-refractivity contribution in [2.45, 2.75) is 39.7 Å². The van der Waals surface area contributed by atoms with Gasteiger partial charge < -0.3 is 15.0 Å².